The first kappa shape index (κ1) is 12.0. The lowest BCUT2D eigenvalue weighted by Gasteiger charge is -2.06. The zero-order chi connectivity index (χ0) is 12.6. The number of nitrogen functional groups attached to an aromatic ring is 1. The minimum absolute atomic E-state index is 0.266. The van der Waals surface area contributed by atoms with E-state index in [1.165, 1.54) is 0 Å². The van der Waals surface area contributed by atoms with Gasteiger partial charge in [-0.05, 0) is 34.5 Å². The first-order valence-corrected chi connectivity index (χ1v) is 5.92. The van der Waals surface area contributed by atoms with Gasteiger partial charge in [0.25, 0.3) is 0 Å². The third kappa shape index (κ3) is 1.90. The maximum absolute atomic E-state index is 9.03. The second kappa shape index (κ2) is 4.40. The lowest BCUT2D eigenvalue weighted by Crippen LogP contribution is -1.89. The fourth-order valence-corrected chi connectivity index (χ4v) is 2.31. The lowest BCUT2D eigenvalue weighted by molar-refractivity contribution is 1.10. The highest BCUT2D eigenvalue weighted by atomic mass is 79.9. The Balaban J connectivity index is 2.70. The molecule has 0 saturated heterocycles. The molecule has 0 aliphatic heterocycles. The van der Waals surface area contributed by atoms with Gasteiger partial charge in [-0.25, -0.2) is 0 Å². The fourth-order valence-electron chi connectivity index (χ4n) is 1.51. The SMILES string of the molecule is Cc1c(Cl)ccc(-c2n[nH]c(N)c2C#N)c1Br. The number of hydrogen-bond acceptors (Lipinski definition) is 3. The summed E-state index contributed by atoms with van der Waals surface area (Å²) in [4.78, 5) is 0. The van der Waals surface area contributed by atoms with Crippen LogP contribution in [0.4, 0.5) is 5.82 Å². The van der Waals surface area contributed by atoms with E-state index >= 15 is 0 Å². The van der Waals surface area contributed by atoms with Gasteiger partial charge in [-0.2, -0.15) is 10.4 Å². The van der Waals surface area contributed by atoms with E-state index in [1.807, 2.05) is 13.0 Å². The number of anilines is 1. The van der Waals surface area contributed by atoms with Gasteiger partial charge in [-0.1, -0.05) is 17.7 Å². The van der Waals surface area contributed by atoms with E-state index in [4.69, 9.17) is 22.6 Å². The monoisotopic (exact) mass is 310 g/mol. The Morgan fingerprint density at radius 2 is 2.24 bits per heavy atom. The Labute approximate surface area is 112 Å². The summed E-state index contributed by atoms with van der Waals surface area (Å²) in [5.74, 6) is 0.266. The molecule has 1 aromatic heterocycles. The maximum atomic E-state index is 9.03. The van der Waals surface area contributed by atoms with Crippen molar-refractivity contribution in [3.8, 4) is 17.3 Å². The fraction of sp³-hybridized carbons (Fsp3) is 0.0909. The van der Waals surface area contributed by atoms with Gasteiger partial charge in [0.05, 0.1) is 0 Å². The highest BCUT2D eigenvalue weighted by molar-refractivity contribution is 9.10. The number of nitriles is 1. The Bertz CT molecular complexity index is 627. The van der Waals surface area contributed by atoms with E-state index in [1.54, 1.807) is 12.1 Å². The van der Waals surface area contributed by atoms with Gasteiger partial charge in [0, 0.05) is 15.1 Å². The molecule has 0 radical (unpaired) electrons. The number of nitrogens with zero attached hydrogens (tertiary/aromatic N) is 2. The predicted octanol–water partition coefficient (Wildman–Crippen LogP) is 3.25. The van der Waals surface area contributed by atoms with E-state index in [9.17, 15) is 0 Å². The molecular formula is C11H8BrClN4. The molecule has 1 aromatic carbocycles. The second-order valence-electron chi connectivity index (χ2n) is 3.51. The number of nitrogens with one attached hydrogen (secondary N) is 1. The highest BCUT2D eigenvalue weighted by Crippen LogP contribution is 2.35. The lowest BCUT2D eigenvalue weighted by atomic mass is 10.1. The molecule has 2 aromatic rings. The number of rotatable bonds is 1. The molecule has 2 rings (SSSR count). The van der Waals surface area contributed by atoms with Gasteiger partial charge >= 0.3 is 0 Å². The quantitative estimate of drug-likeness (QED) is 0.848. The first-order chi connectivity index (χ1) is 8.06. The van der Waals surface area contributed by atoms with Crippen molar-refractivity contribution in [2.75, 3.05) is 5.73 Å². The average Bonchev–Trinajstić information content (AvgIpc) is 2.67. The van der Waals surface area contributed by atoms with Crippen molar-refractivity contribution in [1.82, 2.24) is 10.2 Å². The number of aromatic amines is 1. The number of halogens is 2. The molecule has 0 spiro atoms. The molecule has 1 heterocycles. The van der Waals surface area contributed by atoms with E-state index < -0.39 is 0 Å². The van der Waals surface area contributed by atoms with Crippen LogP contribution in [0.5, 0.6) is 0 Å². The number of hydrogen-bond donors (Lipinski definition) is 2. The number of benzene rings is 1. The molecule has 0 aliphatic carbocycles. The summed E-state index contributed by atoms with van der Waals surface area (Å²) in [6, 6.07) is 5.60. The van der Waals surface area contributed by atoms with Crippen LogP contribution >= 0.6 is 27.5 Å². The minimum atomic E-state index is 0.266. The van der Waals surface area contributed by atoms with E-state index in [-0.39, 0.29) is 5.82 Å². The van der Waals surface area contributed by atoms with Crippen molar-refractivity contribution < 1.29 is 0 Å². The van der Waals surface area contributed by atoms with Crippen molar-refractivity contribution in [2.45, 2.75) is 6.92 Å². The van der Waals surface area contributed by atoms with Crippen LogP contribution < -0.4 is 5.73 Å². The molecule has 0 amide bonds. The molecular weight excluding hydrogens is 304 g/mol. The maximum Gasteiger partial charge on any atom is 0.137 e. The van der Waals surface area contributed by atoms with Crippen molar-refractivity contribution in [1.29, 1.82) is 5.26 Å². The first-order valence-electron chi connectivity index (χ1n) is 4.75. The highest BCUT2D eigenvalue weighted by Gasteiger charge is 2.16. The van der Waals surface area contributed by atoms with Crippen molar-refractivity contribution in [3.63, 3.8) is 0 Å². The smallest absolute Gasteiger partial charge is 0.137 e. The van der Waals surface area contributed by atoms with Crippen LogP contribution in [0.2, 0.25) is 5.02 Å². The number of aromatic nitrogens is 2. The van der Waals surface area contributed by atoms with Crippen LogP contribution in [0.15, 0.2) is 16.6 Å². The molecule has 4 nitrogen and oxygen atoms in total. The van der Waals surface area contributed by atoms with E-state index in [0.29, 0.717) is 16.3 Å². The standard InChI is InChI=1S/C11H8BrClN4/c1-5-8(13)3-2-6(9(5)12)10-7(4-14)11(15)17-16-10/h2-3H,1H3,(H3,15,16,17). The second-order valence-corrected chi connectivity index (χ2v) is 4.71. The summed E-state index contributed by atoms with van der Waals surface area (Å²) >= 11 is 9.46. The van der Waals surface area contributed by atoms with E-state index in [0.717, 1.165) is 15.6 Å². The van der Waals surface area contributed by atoms with E-state index in [2.05, 4.69) is 26.1 Å². The molecule has 0 saturated carbocycles. The van der Waals surface area contributed by atoms with Gasteiger partial charge in [0.15, 0.2) is 0 Å². The molecule has 86 valence electrons. The van der Waals surface area contributed by atoms with Crippen molar-refractivity contribution >= 4 is 33.3 Å². The molecule has 0 bridgehead atoms. The Morgan fingerprint density at radius 3 is 2.88 bits per heavy atom. The normalized spacial score (nSPS) is 10.2. The van der Waals surface area contributed by atoms with Crippen LogP contribution in [-0.2, 0) is 0 Å². The van der Waals surface area contributed by atoms with Gasteiger partial charge in [-0.15, -0.1) is 0 Å². The number of nitrogens with two attached hydrogens (primary N) is 1. The Hall–Kier alpha value is -1.51. The minimum Gasteiger partial charge on any atom is -0.383 e. The largest absolute Gasteiger partial charge is 0.383 e. The third-order valence-electron chi connectivity index (χ3n) is 2.48. The molecule has 0 aliphatic rings. The predicted molar refractivity (Wildman–Crippen MR) is 70.6 cm³/mol. The van der Waals surface area contributed by atoms with Crippen LogP contribution in [0.1, 0.15) is 11.1 Å². The van der Waals surface area contributed by atoms with Crippen LogP contribution in [0, 0.1) is 18.3 Å². The summed E-state index contributed by atoms with van der Waals surface area (Å²) in [6.45, 7) is 1.89. The van der Waals surface area contributed by atoms with Gasteiger partial charge in [-0.3, -0.25) is 5.10 Å². The van der Waals surface area contributed by atoms with Gasteiger partial charge < -0.3 is 5.73 Å². The summed E-state index contributed by atoms with van der Waals surface area (Å²) in [5.41, 5.74) is 8.18. The van der Waals surface area contributed by atoms with Crippen LogP contribution in [0.3, 0.4) is 0 Å². The van der Waals surface area contributed by atoms with Crippen molar-refractivity contribution in [3.05, 3.63) is 32.8 Å². The zero-order valence-corrected chi connectivity index (χ0v) is 11.2. The summed E-state index contributed by atoms with van der Waals surface area (Å²) in [7, 11) is 0. The molecule has 0 atom stereocenters. The molecule has 3 N–H and O–H groups in total. The van der Waals surface area contributed by atoms with Crippen LogP contribution in [-0.4, -0.2) is 10.2 Å². The average molecular weight is 312 g/mol. The molecule has 0 unspecified atom stereocenters. The van der Waals surface area contributed by atoms with Crippen LogP contribution in [0.25, 0.3) is 11.3 Å². The molecule has 0 fully saturated rings. The van der Waals surface area contributed by atoms with Gasteiger partial charge in [0.1, 0.15) is 23.1 Å². The molecule has 6 heteroatoms. The molecule has 17 heavy (non-hydrogen) atoms. The summed E-state index contributed by atoms with van der Waals surface area (Å²) in [6.07, 6.45) is 0. The number of H-pyrrole nitrogens is 1. The summed E-state index contributed by atoms with van der Waals surface area (Å²) in [5, 5.41) is 16.3. The third-order valence-corrected chi connectivity index (χ3v) is 3.91. The Kier molecular flexibility index (Phi) is 3.09. The van der Waals surface area contributed by atoms with Gasteiger partial charge in [0.2, 0.25) is 0 Å². The zero-order valence-electron chi connectivity index (χ0n) is 8.88. The Morgan fingerprint density at radius 1 is 1.53 bits per heavy atom. The topological polar surface area (TPSA) is 78.5 Å². The van der Waals surface area contributed by atoms with Crippen molar-refractivity contribution in [2.24, 2.45) is 0 Å². The summed E-state index contributed by atoms with van der Waals surface area (Å²) < 4.78 is 0.813.